The van der Waals surface area contributed by atoms with E-state index in [-0.39, 0.29) is 6.04 Å². The molecule has 0 amide bonds. The first-order valence-corrected chi connectivity index (χ1v) is 10.1. The second-order valence-corrected chi connectivity index (χ2v) is 8.32. The Morgan fingerprint density at radius 1 is 1.12 bits per heavy atom. The van der Waals surface area contributed by atoms with Gasteiger partial charge < -0.3 is 5.32 Å². The van der Waals surface area contributed by atoms with Gasteiger partial charge in [-0.1, -0.05) is 12.1 Å². The van der Waals surface area contributed by atoms with Crippen LogP contribution in [0.15, 0.2) is 47.6 Å². The largest absolute Gasteiger partial charge is 0.362 e. The number of rotatable bonds is 5. The minimum atomic E-state index is -3.20. The van der Waals surface area contributed by atoms with E-state index < -0.39 is 9.84 Å². The van der Waals surface area contributed by atoms with Crippen LogP contribution >= 0.6 is 0 Å². The van der Waals surface area contributed by atoms with Gasteiger partial charge in [0.15, 0.2) is 15.7 Å². The molecule has 0 spiro atoms. The highest BCUT2D eigenvalue weighted by Crippen LogP contribution is 2.20. The molecule has 0 fully saturated rings. The lowest BCUT2D eigenvalue weighted by Crippen LogP contribution is -2.11. The van der Waals surface area contributed by atoms with Crippen LogP contribution in [-0.2, 0) is 9.84 Å². The molecular formula is C18H21N5O2S. The lowest BCUT2D eigenvalue weighted by atomic mass is 10.1. The molecule has 136 valence electrons. The van der Waals surface area contributed by atoms with Crippen molar-refractivity contribution in [2.75, 3.05) is 11.6 Å². The average molecular weight is 371 g/mol. The third kappa shape index (κ3) is 3.91. The molecule has 7 nitrogen and oxygen atoms in total. The van der Waals surface area contributed by atoms with Gasteiger partial charge in [-0.15, -0.1) is 0 Å². The molecule has 0 bridgehead atoms. The quantitative estimate of drug-likeness (QED) is 0.742. The summed E-state index contributed by atoms with van der Waals surface area (Å²) in [6, 6.07) is 8.74. The molecule has 0 aliphatic heterocycles. The van der Waals surface area contributed by atoms with Crippen LogP contribution in [0.3, 0.4) is 0 Å². The van der Waals surface area contributed by atoms with E-state index >= 15 is 0 Å². The van der Waals surface area contributed by atoms with E-state index in [2.05, 4.69) is 20.4 Å². The van der Waals surface area contributed by atoms with Gasteiger partial charge in [0, 0.05) is 18.0 Å². The van der Waals surface area contributed by atoms with Crippen LogP contribution in [0.25, 0.3) is 5.82 Å². The van der Waals surface area contributed by atoms with Crippen molar-refractivity contribution in [3.63, 3.8) is 0 Å². The number of anilines is 1. The molecule has 3 rings (SSSR count). The average Bonchev–Trinajstić information content (AvgIpc) is 2.93. The third-order valence-corrected chi connectivity index (χ3v) is 5.15. The lowest BCUT2D eigenvalue weighted by molar-refractivity contribution is 0.602. The number of nitrogens with one attached hydrogen (secondary N) is 1. The first-order chi connectivity index (χ1) is 12.2. The van der Waals surface area contributed by atoms with Crippen molar-refractivity contribution in [2.45, 2.75) is 31.7 Å². The van der Waals surface area contributed by atoms with Gasteiger partial charge in [-0.2, -0.15) is 5.10 Å². The molecule has 0 aliphatic rings. The lowest BCUT2D eigenvalue weighted by Gasteiger charge is -2.15. The molecule has 0 radical (unpaired) electrons. The molecule has 0 saturated heterocycles. The monoisotopic (exact) mass is 371 g/mol. The van der Waals surface area contributed by atoms with Crippen molar-refractivity contribution in [3.05, 3.63) is 59.7 Å². The number of sulfone groups is 1. The van der Waals surface area contributed by atoms with Gasteiger partial charge in [0.1, 0.15) is 5.82 Å². The van der Waals surface area contributed by atoms with Crippen molar-refractivity contribution < 1.29 is 8.42 Å². The zero-order valence-electron chi connectivity index (χ0n) is 15.1. The van der Waals surface area contributed by atoms with Crippen LogP contribution < -0.4 is 5.32 Å². The van der Waals surface area contributed by atoms with Crippen molar-refractivity contribution in [1.29, 1.82) is 0 Å². The van der Waals surface area contributed by atoms with E-state index in [0.717, 1.165) is 17.0 Å². The van der Waals surface area contributed by atoms with Gasteiger partial charge in [0.05, 0.1) is 23.0 Å². The van der Waals surface area contributed by atoms with Gasteiger partial charge in [-0.3, -0.25) is 4.98 Å². The SMILES string of the molecule is Cc1cc(C)n(-c2cncc(NC(C)c3ccc(S(C)(=O)=O)cc3)n2)n1. The summed E-state index contributed by atoms with van der Waals surface area (Å²) in [7, 11) is -3.20. The highest BCUT2D eigenvalue weighted by Gasteiger charge is 2.11. The van der Waals surface area contributed by atoms with E-state index in [0.29, 0.717) is 16.5 Å². The molecule has 2 aromatic heterocycles. The molecule has 2 heterocycles. The summed E-state index contributed by atoms with van der Waals surface area (Å²) in [5.41, 5.74) is 2.86. The summed E-state index contributed by atoms with van der Waals surface area (Å²) >= 11 is 0. The first kappa shape index (κ1) is 18.1. The standard InChI is InChI=1S/C18H21N5O2S/c1-12-9-13(2)23(22-12)18-11-19-10-17(21-18)20-14(3)15-5-7-16(8-6-15)26(4,24)25/h5-11,14H,1-4H3,(H,20,21). The molecule has 1 aromatic carbocycles. The van der Waals surface area contributed by atoms with Crippen molar-refractivity contribution >= 4 is 15.7 Å². The number of hydrogen-bond donors (Lipinski definition) is 1. The minimum Gasteiger partial charge on any atom is -0.362 e. The van der Waals surface area contributed by atoms with E-state index in [1.54, 1.807) is 41.3 Å². The van der Waals surface area contributed by atoms with Crippen molar-refractivity contribution in [1.82, 2.24) is 19.7 Å². The molecule has 1 unspecified atom stereocenters. The highest BCUT2D eigenvalue weighted by atomic mass is 32.2. The number of benzene rings is 1. The highest BCUT2D eigenvalue weighted by molar-refractivity contribution is 7.90. The van der Waals surface area contributed by atoms with Gasteiger partial charge in [0.25, 0.3) is 0 Å². The Balaban J connectivity index is 1.80. The van der Waals surface area contributed by atoms with Crippen LogP contribution in [0.4, 0.5) is 5.82 Å². The number of aromatic nitrogens is 4. The van der Waals surface area contributed by atoms with Crippen molar-refractivity contribution in [2.24, 2.45) is 0 Å². The van der Waals surface area contributed by atoms with Gasteiger partial charge in [0.2, 0.25) is 0 Å². The van der Waals surface area contributed by atoms with Gasteiger partial charge in [-0.05, 0) is 44.5 Å². The minimum absolute atomic E-state index is 0.0615. The summed E-state index contributed by atoms with van der Waals surface area (Å²) in [5, 5.41) is 7.71. The van der Waals surface area contributed by atoms with E-state index in [4.69, 9.17) is 0 Å². The first-order valence-electron chi connectivity index (χ1n) is 8.16. The van der Waals surface area contributed by atoms with Crippen LogP contribution in [-0.4, -0.2) is 34.4 Å². The predicted molar refractivity (Wildman–Crippen MR) is 100 cm³/mol. The Hall–Kier alpha value is -2.74. The molecular weight excluding hydrogens is 350 g/mol. The summed E-state index contributed by atoms with van der Waals surface area (Å²) in [4.78, 5) is 9.12. The molecule has 26 heavy (non-hydrogen) atoms. The Morgan fingerprint density at radius 3 is 2.38 bits per heavy atom. The Morgan fingerprint density at radius 2 is 1.81 bits per heavy atom. The zero-order chi connectivity index (χ0) is 18.9. The fourth-order valence-corrected chi connectivity index (χ4v) is 3.33. The number of nitrogens with zero attached hydrogens (tertiary/aromatic N) is 4. The maximum absolute atomic E-state index is 11.6. The topological polar surface area (TPSA) is 89.8 Å². The Bertz CT molecular complexity index is 1030. The number of aryl methyl sites for hydroxylation is 2. The fraction of sp³-hybridized carbons (Fsp3) is 0.278. The third-order valence-electron chi connectivity index (χ3n) is 4.02. The van der Waals surface area contributed by atoms with Gasteiger partial charge in [-0.25, -0.2) is 18.1 Å². The van der Waals surface area contributed by atoms with Crippen LogP contribution in [0, 0.1) is 13.8 Å². The predicted octanol–water partition coefficient (Wildman–Crippen LogP) is 2.86. The maximum Gasteiger partial charge on any atom is 0.175 e. The Labute approximate surface area is 153 Å². The van der Waals surface area contributed by atoms with Gasteiger partial charge >= 0.3 is 0 Å². The smallest absolute Gasteiger partial charge is 0.175 e. The number of hydrogen-bond acceptors (Lipinski definition) is 6. The summed E-state index contributed by atoms with van der Waals surface area (Å²) in [6.45, 7) is 5.88. The molecule has 0 saturated carbocycles. The van der Waals surface area contributed by atoms with Crippen molar-refractivity contribution in [3.8, 4) is 5.82 Å². The summed E-state index contributed by atoms with van der Waals surface area (Å²) < 4.78 is 24.9. The zero-order valence-corrected chi connectivity index (χ0v) is 15.9. The molecule has 1 N–H and O–H groups in total. The summed E-state index contributed by atoms with van der Waals surface area (Å²) in [5.74, 6) is 1.26. The summed E-state index contributed by atoms with van der Waals surface area (Å²) in [6.07, 6.45) is 4.51. The van der Waals surface area contributed by atoms with Crippen LogP contribution in [0.5, 0.6) is 0 Å². The normalized spacial score (nSPS) is 12.8. The van der Waals surface area contributed by atoms with Crippen LogP contribution in [0.1, 0.15) is 29.9 Å². The van der Waals surface area contributed by atoms with E-state index in [9.17, 15) is 8.42 Å². The molecule has 3 aromatic rings. The van der Waals surface area contributed by atoms with E-state index in [1.807, 2.05) is 26.8 Å². The second kappa shape index (κ2) is 6.87. The second-order valence-electron chi connectivity index (χ2n) is 6.31. The van der Waals surface area contributed by atoms with E-state index in [1.165, 1.54) is 6.26 Å². The van der Waals surface area contributed by atoms with Crippen LogP contribution in [0.2, 0.25) is 0 Å². The fourth-order valence-electron chi connectivity index (χ4n) is 2.70. The molecule has 8 heteroatoms. The maximum atomic E-state index is 11.6. The molecule has 1 atom stereocenters. The Kier molecular flexibility index (Phi) is 4.78. The molecule has 0 aliphatic carbocycles.